The Morgan fingerprint density at radius 3 is 2.43 bits per heavy atom. The van der Waals surface area contributed by atoms with E-state index in [0.29, 0.717) is 41.9 Å². The fourth-order valence-electron chi connectivity index (χ4n) is 2.79. The molecule has 0 atom stereocenters. The minimum atomic E-state index is -0.386. The van der Waals surface area contributed by atoms with Crippen molar-refractivity contribution in [3.63, 3.8) is 0 Å². The summed E-state index contributed by atoms with van der Waals surface area (Å²) in [4.78, 5) is 12.7. The van der Waals surface area contributed by atoms with Crippen LogP contribution in [0, 0.1) is 0 Å². The highest BCUT2D eigenvalue weighted by Gasteiger charge is 2.17. The molecule has 0 aliphatic heterocycles. The van der Waals surface area contributed by atoms with Crippen molar-refractivity contribution in [1.29, 1.82) is 0 Å². The van der Waals surface area contributed by atoms with E-state index in [9.17, 15) is 4.79 Å². The summed E-state index contributed by atoms with van der Waals surface area (Å²) in [5.74, 6) is 1.96. The maximum Gasteiger partial charge on any atom is 0.277 e. The molecule has 3 rings (SSSR count). The number of amides is 1. The molecule has 0 saturated carbocycles. The Morgan fingerprint density at radius 1 is 0.967 bits per heavy atom. The Balaban J connectivity index is 1.76. The van der Waals surface area contributed by atoms with Crippen molar-refractivity contribution in [2.24, 2.45) is 0 Å². The molecule has 0 aliphatic carbocycles. The molecular formula is C23H26N2O5. The topological polar surface area (TPSA) is 82.8 Å². The number of benzene rings is 2. The first-order valence-corrected chi connectivity index (χ1v) is 9.97. The van der Waals surface area contributed by atoms with Crippen molar-refractivity contribution in [1.82, 2.24) is 5.16 Å². The average molecular weight is 410 g/mol. The highest BCUT2D eigenvalue weighted by Crippen LogP contribution is 2.32. The Hall–Kier alpha value is -3.48. The summed E-state index contributed by atoms with van der Waals surface area (Å²) >= 11 is 0. The van der Waals surface area contributed by atoms with Gasteiger partial charge in [-0.3, -0.25) is 4.79 Å². The summed E-state index contributed by atoms with van der Waals surface area (Å²) in [6.45, 7) is 5.23. The minimum absolute atomic E-state index is 0.165. The van der Waals surface area contributed by atoms with Gasteiger partial charge < -0.3 is 24.1 Å². The maximum absolute atomic E-state index is 12.7. The van der Waals surface area contributed by atoms with E-state index in [1.165, 1.54) is 0 Å². The zero-order chi connectivity index (χ0) is 21.3. The molecular weight excluding hydrogens is 384 g/mol. The van der Waals surface area contributed by atoms with Crippen LogP contribution in [-0.2, 0) is 0 Å². The number of para-hydroxylation sites is 1. The second-order valence-electron chi connectivity index (χ2n) is 6.59. The number of hydrogen-bond acceptors (Lipinski definition) is 6. The molecule has 0 spiro atoms. The number of rotatable bonds is 10. The van der Waals surface area contributed by atoms with Gasteiger partial charge in [-0.25, -0.2) is 0 Å². The van der Waals surface area contributed by atoms with Crippen molar-refractivity contribution in [3.05, 3.63) is 54.2 Å². The molecule has 0 bridgehead atoms. The van der Waals surface area contributed by atoms with E-state index in [4.69, 9.17) is 18.7 Å². The molecule has 1 N–H and O–H groups in total. The third-order valence-corrected chi connectivity index (χ3v) is 4.24. The number of aromatic nitrogens is 1. The van der Waals surface area contributed by atoms with Gasteiger partial charge in [0.2, 0.25) is 0 Å². The lowest BCUT2D eigenvalue weighted by Gasteiger charge is -2.13. The van der Waals surface area contributed by atoms with E-state index in [-0.39, 0.29) is 11.6 Å². The lowest BCUT2D eigenvalue weighted by Crippen LogP contribution is -2.12. The largest absolute Gasteiger partial charge is 0.496 e. The summed E-state index contributed by atoms with van der Waals surface area (Å²) in [6.07, 6.45) is 1.76. The molecule has 7 nitrogen and oxygen atoms in total. The van der Waals surface area contributed by atoms with Crippen LogP contribution in [0.3, 0.4) is 0 Å². The summed E-state index contributed by atoms with van der Waals surface area (Å²) in [6, 6.07) is 14.3. The highest BCUT2D eigenvalue weighted by molar-refractivity contribution is 6.03. The fourth-order valence-corrected chi connectivity index (χ4v) is 2.79. The molecule has 0 fully saturated rings. The summed E-state index contributed by atoms with van der Waals surface area (Å²) in [5.41, 5.74) is 1.47. The molecule has 2 aromatic carbocycles. The molecule has 1 amide bonds. The van der Waals surface area contributed by atoms with Crippen LogP contribution in [0.5, 0.6) is 17.2 Å². The number of anilines is 1. The van der Waals surface area contributed by atoms with Gasteiger partial charge in [0.15, 0.2) is 23.0 Å². The lowest BCUT2D eigenvalue weighted by molar-refractivity contribution is 0.101. The SMILES string of the molecule is CCCOc1ccc(NC(=O)c2cc(-c3ccccc3OC)on2)cc1OCCC. The van der Waals surface area contributed by atoms with Gasteiger partial charge >= 0.3 is 0 Å². The van der Waals surface area contributed by atoms with Crippen molar-refractivity contribution in [3.8, 4) is 28.6 Å². The molecule has 7 heteroatoms. The van der Waals surface area contributed by atoms with Crippen LogP contribution in [0.2, 0.25) is 0 Å². The molecule has 1 heterocycles. The van der Waals surface area contributed by atoms with E-state index in [0.717, 1.165) is 18.4 Å². The van der Waals surface area contributed by atoms with Gasteiger partial charge in [0.25, 0.3) is 5.91 Å². The van der Waals surface area contributed by atoms with Crippen molar-refractivity contribution in [2.75, 3.05) is 25.6 Å². The number of nitrogens with zero attached hydrogens (tertiary/aromatic N) is 1. The Kier molecular flexibility index (Phi) is 7.32. The first kappa shape index (κ1) is 21.2. The van der Waals surface area contributed by atoms with Gasteiger partial charge in [0.05, 0.1) is 25.9 Å². The highest BCUT2D eigenvalue weighted by atomic mass is 16.5. The smallest absolute Gasteiger partial charge is 0.277 e. The fraction of sp³-hybridized carbons (Fsp3) is 0.304. The van der Waals surface area contributed by atoms with Crippen LogP contribution in [0.15, 0.2) is 53.1 Å². The maximum atomic E-state index is 12.7. The predicted molar refractivity (Wildman–Crippen MR) is 114 cm³/mol. The zero-order valence-corrected chi connectivity index (χ0v) is 17.4. The van der Waals surface area contributed by atoms with Gasteiger partial charge in [-0.05, 0) is 37.1 Å². The van der Waals surface area contributed by atoms with E-state index in [1.54, 1.807) is 31.4 Å². The second kappa shape index (κ2) is 10.3. The summed E-state index contributed by atoms with van der Waals surface area (Å²) in [7, 11) is 1.58. The average Bonchev–Trinajstić information content (AvgIpc) is 3.27. The lowest BCUT2D eigenvalue weighted by atomic mass is 10.1. The van der Waals surface area contributed by atoms with E-state index in [1.807, 2.05) is 38.1 Å². The van der Waals surface area contributed by atoms with Crippen LogP contribution in [0.4, 0.5) is 5.69 Å². The predicted octanol–water partition coefficient (Wildman–Crippen LogP) is 5.18. The molecule has 3 aromatic rings. The monoisotopic (exact) mass is 410 g/mol. The summed E-state index contributed by atoms with van der Waals surface area (Å²) in [5, 5.41) is 6.72. The standard InChI is InChI=1S/C23H26N2O5/c1-4-12-28-20-11-10-16(14-22(20)29-13-5-2)24-23(26)18-15-21(30-25-18)17-8-6-7-9-19(17)27-3/h6-11,14-15H,4-5,12-13H2,1-3H3,(H,24,26). The minimum Gasteiger partial charge on any atom is -0.496 e. The van der Waals surface area contributed by atoms with E-state index >= 15 is 0 Å². The van der Waals surface area contributed by atoms with E-state index in [2.05, 4.69) is 10.5 Å². The number of carbonyl (C=O) groups is 1. The van der Waals surface area contributed by atoms with Gasteiger partial charge in [-0.2, -0.15) is 0 Å². The molecule has 0 radical (unpaired) electrons. The molecule has 158 valence electrons. The van der Waals surface area contributed by atoms with Crippen LogP contribution in [0.1, 0.15) is 37.2 Å². The Bertz CT molecular complexity index is 983. The van der Waals surface area contributed by atoms with Crippen molar-refractivity contribution >= 4 is 11.6 Å². The first-order chi connectivity index (χ1) is 14.7. The van der Waals surface area contributed by atoms with Crippen LogP contribution >= 0.6 is 0 Å². The van der Waals surface area contributed by atoms with Crippen molar-refractivity contribution in [2.45, 2.75) is 26.7 Å². The third kappa shape index (κ3) is 5.11. The summed E-state index contributed by atoms with van der Waals surface area (Å²) < 4.78 is 22.2. The van der Waals surface area contributed by atoms with Crippen LogP contribution in [0.25, 0.3) is 11.3 Å². The quantitative estimate of drug-likeness (QED) is 0.496. The number of carbonyl (C=O) groups excluding carboxylic acids is 1. The first-order valence-electron chi connectivity index (χ1n) is 9.97. The number of ether oxygens (including phenoxy) is 3. The number of methoxy groups -OCH3 is 1. The molecule has 0 unspecified atom stereocenters. The number of hydrogen-bond donors (Lipinski definition) is 1. The molecule has 1 aromatic heterocycles. The zero-order valence-electron chi connectivity index (χ0n) is 17.4. The Labute approximate surface area is 175 Å². The van der Waals surface area contributed by atoms with Gasteiger partial charge in [-0.15, -0.1) is 0 Å². The molecule has 0 saturated heterocycles. The number of nitrogens with one attached hydrogen (secondary N) is 1. The van der Waals surface area contributed by atoms with E-state index < -0.39 is 0 Å². The molecule has 0 aliphatic rings. The van der Waals surface area contributed by atoms with Gasteiger partial charge in [-0.1, -0.05) is 31.1 Å². The Morgan fingerprint density at radius 2 is 1.70 bits per heavy atom. The second-order valence-corrected chi connectivity index (χ2v) is 6.59. The van der Waals surface area contributed by atoms with Crippen LogP contribution in [-0.4, -0.2) is 31.4 Å². The molecule has 30 heavy (non-hydrogen) atoms. The van der Waals surface area contributed by atoms with Crippen LogP contribution < -0.4 is 19.5 Å². The third-order valence-electron chi connectivity index (χ3n) is 4.24. The van der Waals surface area contributed by atoms with Gasteiger partial charge in [0, 0.05) is 17.8 Å². The van der Waals surface area contributed by atoms with Crippen molar-refractivity contribution < 1.29 is 23.5 Å². The van der Waals surface area contributed by atoms with Gasteiger partial charge in [0.1, 0.15) is 5.75 Å². The normalized spacial score (nSPS) is 10.5.